The molecule has 0 fully saturated rings. The van der Waals surface area contributed by atoms with Crippen LogP contribution in [0.15, 0.2) is 40.2 Å². The number of anilines is 2. The number of pyridine rings is 1. The van der Waals surface area contributed by atoms with E-state index in [1.807, 2.05) is 0 Å². The lowest BCUT2D eigenvalue weighted by molar-refractivity contribution is 0.593. The lowest BCUT2D eigenvalue weighted by Gasteiger charge is -2.22. The average Bonchev–Trinajstić information content (AvgIpc) is 2.46. The van der Waals surface area contributed by atoms with Gasteiger partial charge in [0.15, 0.2) is 9.84 Å². The molecule has 1 N–H and O–H groups in total. The zero-order chi connectivity index (χ0) is 19.0. The predicted octanol–water partition coefficient (Wildman–Crippen LogP) is 2.57. The predicted molar refractivity (Wildman–Crippen MR) is 98.2 cm³/mol. The van der Waals surface area contributed by atoms with Gasteiger partial charge in [0, 0.05) is 10.0 Å². The summed E-state index contributed by atoms with van der Waals surface area (Å²) in [5.41, 5.74) is -1.11. The Morgan fingerprint density at radius 2 is 1.60 bits per heavy atom. The Kier molecular flexibility index (Phi) is 5.53. The molecule has 136 valence electrons. The minimum atomic E-state index is -3.93. The summed E-state index contributed by atoms with van der Waals surface area (Å²) >= 11 is 11.8. The molecule has 0 unspecified atom stereocenters. The van der Waals surface area contributed by atoms with Crippen LogP contribution in [0.5, 0.6) is 0 Å². The number of hydrogen-bond acceptors (Lipinski definition) is 5. The van der Waals surface area contributed by atoms with Crippen LogP contribution in [-0.4, -0.2) is 33.8 Å². The molecule has 2 rings (SSSR count). The van der Waals surface area contributed by atoms with Gasteiger partial charge in [0.1, 0.15) is 10.7 Å². The molecule has 0 atom stereocenters. The van der Waals surface area contributed by atoms with Crippen LogP contribution in [0.1, 0.15) is 6.92 Å². The van der Waals surface area contributed by atoms with Gasteiger partial charge in [0.25, 0.3) is 5.56 Å². The highest BCUT2D eigenvalue weighted by Gasteiger charge is 2.24. The van der Waals surface area contributed by atoms with E-state index in [1.54, 1.807) is 0 Å². The van der Waals surface area contributed by atoms with E-state index in [4.69, 9.17) is 23.2 Å². The van der Waals surface area contributed by atoms with E-state index in [-0.39, 0.29) is 32.2 Å². The van der Waals surface area contributed by atoms with Crippen molar-refractivity contribution in [3.8, 4) is 0 Å². The molecule has 11 heteroatoms. The molecule has 0 saturated heterocycles. The maximum absolute atomic E-state index is 12.3. The number of aromatic amines is 1. The van der Waals surface area contributed by atoms with Crippen molar-refractivity contribution < 1.29 is 16.8 Å². The number of sulfonamides is 1. The van der Waals surface area contributed by atoms with Gasteiger partial charge in [-0.25, -0.2) is 21.1 Å². The van der Waals surface area contributed by atoms with Crippen molar-refractivity contribution in [3.05, 3.63) is 50.7 Å². The van der Waals surface area contributed by atoms with E-state index in [0.717, 1.165) is 22.7 Å². The normalized spacial score (nSPS) is 12.2. The molecule has 0 aliphatic heterocycles. The van der Waals surface area contributed by atoms with Gasteiger partial charge in [-0.05, 0) is 30.3 Å². The molecule has 7 nitrogen and oxygen atoms in total. The highest BCUT2D eigenvalue weighted by Crippen LogP contribution is 2.31. The molecular formula is C14H14Cl2N2O5S2. The molecule has 0 aliphatic rings. The fourth-order valence-corrected chi connectivity index (χ4v) is 4.45. The molecular weight excluding hydrogens is 411 g/mol. The molecule has 0 bridgehead atoms. The quantitative estimate of drug-likeness (QED) is 0.793. The number of sulfone groups is 1. The monoisotopic (exact) mass is 424 g/mol. The average molecular weight is 425 g/mol. The molecule has 2 aromatic rings. The number of aromatic nitrogens is 1. The van der Waals surface area contributed by atoms with Crippen LogP contribution in [-0.2, 0) is 19.9 Å². The fraction of sp³-hybridized carbons (Fsp3) is 0.214. The second-order valence-corrected chi connectivity index (χ2v) is 10.0. The van der Waals surface area contributed by atoms with Gasteiger partial charge in [-0.15, -0.1) is 0 Å². The molecule has 1 heterocycles. The van der Waals surface area contributed by atoms with Crippen molar-refractivity contribution in [2.45, 2.75) is 11.9 Å². The minimum absolute atomic E-state index is 0.0524. The van der Waals surface area contributed by atoms with E-state index in [1.165, 1.54) is 25.1 Å². The van der Waals surface area contributed by atoms with Crippen molar-refractivity contribution in [1.82, 2.24) is 4.98 Å². The lowest BCUT2D eigenvalue weighted by Crippen LogP contribution is -2.30. The van der Waals surface area contributed by atoms with E-state index >= 15 is 0 Å². The van der Waals surface area contributed by atoms with Gasteiger partial charge in [0.05, 0.1) is 17.7 Å². The molecule has 0 amide bonds. The van der Waals surface area contributed by atoms with Crippen LogP contribution >= 0.6 is 23.2 Å². The highest BCUT2D eigenvalue weighted by molar-refractivity contribution is 7.92. The second kappa shape index (κ2) is 6.99. The maximum atomic E-state index is 12.3. The van der Waals surface area contributed by atoms with Crippen LogP contribution in [0.2, 0.25) is 10.0 Å². The van der Waals surface area contributed by atoms with Crippen molar-refractivity contribution in [1.29, 1.82) is 0 Å². The van der Waals surface area contributed by atoms with Gasteiger partial charge < -0.3 is 4.98 Å². The largest absolute Gasteiger partial charge is 0.311 e. The Balaban J connectivity index is 2.71. The van der Waals surface area contributed by atoms with Crippen molar-refractivity contribution in [3.63, 3.8) is 0 Å². The first-order chi connectivity index (χ1) is 11.5. The first-order valence-corrected chi connectivity index (χ1v) is 11.1. The van der Waals surface area contributed by atoms with E-state index < -0.39 is 25.4 Å². The summed E-state index contributed by atoms with van der Waals surface area (Å²) in [6.07, 6.45) is 0.901. The summed E-state index contributed by atoms with van der Waals surface area (Å²) in [7, 11) is -7.58. The van der Waals surface area contributed by atoms with Crippen molar-refractivity contribution in [2.24, 2.45) is 0 Å². The summed E-state index contributed by atoms with van der Waals surface area (Å²) < 4.78 is 48.9. The molecule has 1 aromatic carbocycles. The summed E-state index contributed by atoms with van der Waals surface area (Å²) in [4.78, 5) is 14.5. The second-order valence-electron chi connectivity index (χ2n) is 5.10. The van der Waals surface area contributed by atoms with Crippen LogP contribution in [0.4, 0.5) is 11.4 Å². The summed E-state index contributed by atoms with van der Waals surface area (Å²) in [5, 5.41) is 0.0665. The maximum Gasteiger partial charge on any atom is 0.273 e. The van der Waals surface area contributed by atoms with Gasteiger partial charge in [-0.1, -0.05) is 30.1 Å². The third-order valence-corrected chi connectivity index (χ3v) is 6.38. The number of halogens is 2. The topological polar surface area (TPSA) is 104 Å². The molecule has 0 aliphatic carbocycles. The SMILES string of the molecule is CCS(=O)(=O)c1ccc(N(c2cc(Cl)cc(Cl)c2)S(C)(=O)=O)c(=O)[nH]1. The Morgan fingerprint density at radius 1 is 1.04 bits per heavy atom. The van der Waals surface area contributed by atoms with Crippen molar-refractivity contribution >= 4 is 54.4 Å². The van der Waals surface area contributed by atoms with Crippen LogP contribution in [0.25, 0.3) is 0 Å². The smallest absolute Gasteiger partial charge is 0.273 e. The van der Waals surface area contributed by atoms with Gasteiger partial charge in [0.2, 0.25) is 10.0 Å². The van der Waals surface area contributed by atoms with Crippen LogP contribution < -0.4 is 9.86 Å². The third kappa shape index (κ3) is 4.35. The molecule has 0 spiro atoms. The Morgan fingerprint density at radius 3 is 2.04 bits per heavy atom. The Bertz CT molecular complexity index is 1060. The molecule has 25 heavy (non-hydrogen) atoms. The van der Waals surface area contributed by atoms with Gasteiger partial charge in [-0.3, -0.25) is 4.79 Å². The summed E-state index contributed by atoms with van der Waals surface area (Å²) in [6.45, 7) is 1.43. The standard InChI is InChI=1S/C14H14Cl2N2O5S2/c1-3-25(22,23)13-5-4-12(14(19)17-13)18(24(2,20)21)11-7-9(15)6-10(16)8-11/h4-8H,3H2,1-2H3,(H,17,19). The lowest BCUT2D eigenvalue weighted by atomic mass is 10.3. The third-order valence-electron chi connectivity index (χ3n) is 3.21. The zero-order valence-corrected chi connectivity index (χ0v) is 16.3. The summed E-state index contributed by atoms with van der Waals surface area (Å²) in [6, 6.07) is 6.32. The van der Waals surface area contributed by atoms with Gasteiger partial charge >= 0.3 is 0 Å². The zero-order valence-electron chi connectivity index (χ0n) is 13.2. The summed E-state index contributed by atoms with van der Waals surface area (Å²) in [5.74, 6) is -0.206. The van der Waals surface area contributed by atoms with E-state index in [2.05, 4.69) is 4.98 Å². The molecule has 0 radical (unpaired) electrons. The first kappa shape index (κ1) is 19.8. The first-order valence-electron chi connectivity index (χ1n) is 6.88. The van der Waals surface area contributed by atoms with Crippen LogP contribution in [0.3, 0.4) is 0 Å². The Hall–Kier alpha value is -1.55. The fourth-order valence-electron chi connectivity index (χ4n) is 2.11. The number of hydrogen-bond donors (Lipinski definition) is 1. The number of H-pyrrole nitrogens is 1. The number of rotatable bonds is 5. The Labute approximate surface area is 155 Å². The number of nitrogens with one attached hydrogen (secondary N) is 1. The number of nitrogens with zero attached hydrogens (tertiary/aromatic N) is 1. The van der Waals surface area contributed by atoms with E-state index in [0.29, 0.717) is 0 Å². The highest BCUT2D eigenvalue weighted by atomic mass is 35.5. The number of benzene rings is 1. The minimum Gasteiger partial charge on any atom is -0.311 e. The molecule has 1 aromatic heterocycles. The van der Waals surface area contributed by atoms with E-state index in [9.17, 15) is 21.6 Å². The van der Waals surface area contributed by atoms with Gasteiger partial charge in [-0.2, -0.15) is 0 Å². The van der Waals surface area contributed by atoms with Crippen molar-refractivity contribution in [2.75, 3.05) is 16.3 Å². The van der Waals surface area contributed by atoms with Crippen LogP contribution in [0, 0.1) is 0 Å². The molecule has 0 saturated carbocycles.